The van der Waals surface area contributed by atoms with Gasteiger partial charge >= 0.3 is 0 Å². The first-order chi connectivity index (χ1) is 10.8. The zero-order valence-corrected chi connectivity index (χ0v) is 13.7. The minimum atomic E-state index is -0.245. The summed E-state index contributed by atoms with van der Waals surface area (Å²) in [5.74, 6) is 2.38. The summed E-state index contributed by atoms with van der Waals surface area (Å²) in [5, 5.41) is 9.66. The summed E-state index contributed by atoms with van der Waals surface area (Å²) >= 11 is 1.96. The zero-order valence-electron chi connectivity index (χ0n) is 12.9. The minimum absolute atomic E-state index is 0.169. The number of rotatable bonds is 3. The summed E-state index contributed by atoms with van der Waals surface area (Å²) in [4.78, 5) is 17.4. The normalized spacial score (nSPS) is 22.5. The van der Waals surface area contributed by atoms with E-state index in [4.69, 9.17) is 0 Å². The molecule has 0 spiro atoms. The van der Waals surface area contributed by atoms with E-state index in [0.29, 0.717) is 25.9 Å². The van der Waals surface area contributed by atoms with Crippen LogP contribution in [0.3, 0.4) is 0 Å². The van der Waals surface area contributed by atoms with Crippen molar-refractivity contribution >= 4 is 17.7 Å². The Morgan fingerprint density at radius 3 is 2.36 bits per heavy atom. The molecule has 2 saturated heterocycles. The Morgan fingerprint density at radius 1 is 1.09 bits per heavy atom. The highest BCUT2D eigenvalue weighted by Crippen LogP contribution is 2.27. The Bertz CT molecular complexity index is 483. The highest BCUT2D eigenvalue weighted by molar-refractivity contribution is 7.99. The molecule has 3 rings (SSSR count). The summed E-state index contributed by atoms with van der Waals surface area (Å²) in [6.45, 7) is 3.27. The maximum atomic E-state index is 13.1. The second-order valence-corrected chi connectivity index (χ2v) is 7.24. The number of likely N-dealkylation sites (tertiary alicyclic amines) is 1. The number of piperidine rings is 1. The van der Waals surface area contributed by atoms with Crippen LogP contribution in [0.2, 0.25) is 0 Å². The molecule has 2 aliphatic heterocycles. The van der Waals surface area contributed by atoms with Gasteiger partial charge in [0.2, 0.25) is 5.91 Å². The fourth-order valence-corrected chi connectivity index (χ4v) is 4.17. The summed E-state index contributed by atoms with van der Waals surface area (Å²) in [6, 6.07) is 9.96. The third kappa shape index (κ3) is 3.65. The Kier molecular flexibility index (Phi) is 5.39. The molecule has 22 heavy (non-hydrogen) atoms. The standard InChI is InChI=1S/C17H24N2O2S/c20-15-6-8-19(9-7-15)17(21)16(14-4-2-1-3-5-14)18-10-12-22-13-11-18/h1-5,15-16,20H,6-13H2. The predicted molar refractivity (Wildman–Crippen MR) is 89.9 cm³/mol. The van der Waals surface area contributed by atoms with Crippen LogP contribution in [-0.4, -0.2) is 64.6 Å². The maximum absolute atomic E-state index is 13.1. The molecule has 5 heteroatoms. The highest BCUT2D eigenvalue weighted by atomic mass is 32.2. The molecule has 1 atom stereocenters. The minimum Gasteiger partial charge on any atom is -0.393 e. The van der Waals surface area contributed by atoms with Gasteiger partial charge in [-0.3, -0.25) is 9.69 Å². The van der Waals surface area contributed by atoms with Gasteiger partial charge in [0.1, 0.15) is 6.04 Å². The fraction of sp³-hybridized carbons (Fsp3) is 0.588. The molecule has 0 saturated carbocycles. The fourth-order valence-electron chi connectivity index (χ4n) is 3.24. The van der Waals surface area contributed by atoms with E-state index in [1.165, 1.54) is 0 Å². The van der Waals surface area contributed by atoms with Crippen molar-refractivity contribution in [3.05, 3.63) is 35.9 Å². The van der Waals surface area contributed by atoms with Gasteiger partial charge in [-0.05, 0) is 18.4 Å². The number of thioether (sulfide) groups is 1. The first-order valence-corrected chi connectivity index (χ1v) is 9.25. The van der Waals surface area contributed by atoms with Gasteiger partial charge in [0.05, 0.1) is 6.10 Å². The lowest BCUT2D eigenvalue weighted by molar-refractivity contribution is -0.139. The number of hydrogen-bond donors (Lipinski definition) is 1. The van der Waals surface area contributed by atoms with Crippen LogP contribution >= 0.6 is 11.8 Å². The van der Waals surface area contributed by atoms with E-state index in [-0.39, 0.29) is 18.1 Å². The summed E-state index contributed by atoms with van der Waals surface area (Å²) in [5.41, 5.74) is 1.09. The summed E-state index contributed by atoms with van der Waals surface area (Å²) < 4.78 is 0. The average Bonchev–Trinajstić information content (AvgIpc) is 2.57. The first kappa shape index (κ1) is 15.8. The van der Waals surface area contributed by atoms with E-state index >= 15 is 0 Å². The average molecular weight is 320 g/mol. The number of hydrogen-bond acceptors (Lipinski definition) is 4. The van der Waals surface area contributed by atoms with E-state index in [2.05, 4.69) is 17.0 Å². The molecule has 2 aliphatic rings. The molecule has 0 radical (unpaired) electrons. The highest BCUT2D eigenvalue weighted by Gasteiger charge is 2.33. The topological polar surface area (TPSA) is 43.8 Å². The van der Waals surface area contributed by atoms with Crippen LogP contribution in [-0.2, 0) is 4.79 Å². The molecule has 0 aliphatic carbocycles. The molecule has 0 bridgehead atoms. The molecular formula is C17H24N2O2S. The summed E-state index contributed by atoms with van der Waals surface area (Å²) in [7, 11) is 0. The lowest BCUT2D eigenvalue weighted by atomic mass is 10.0. The largest absolute Gasteiger partial charge is 0.393 e. The SMILES string of the molecule is O=C(C(c1ccccc1)N1CCSCC1)N1CCC(O)CC1. The number of aliphatic hydroxyl groups excluding tert-OH is 1. The Morgan fingerprint density at radius 2 is 1.73 bits per heavy atom. The Labute approximate surface area is 136 Å². The van der Waals surface area contributed by atoms with Crippen LogP contribution in [0.4, 0.5) is 0 Å². The van der Waals surface area contributed by atoms with Gasteiger partial charge in [0.15, 0.2) is 0 Å². The van der Waals surface area contributed by atoms with E-state index in [1.807, 2.05) is 34.9 Å². The number of nitrogens with zero attached hydrogens (tertiary/aromatic N) is 2. The Hall–Kier alpha value is -1.04. The first-order valence-electron chi connectivity index (χ1n) is 8.09. The van der Waals surface area contributed by atoms with Crippen molar-refractivity contribution in [1.82, 2.24) is 9.80 Å². The molecule has 1 aromatic rings. The molecule has 2 heterocycles. The maximum Gasteiger partial charge on any atom is 0.244 e. The lowest BCUT2D eigenvalue weighted by Crippen LogP contribution is -2.48. The molecule has 1 unspecified atom stereocenters. The number of aliphatic hydroxyl groups is 1. The van der Waals surface area contributed by atoms with E-state index < -0.39 is 0 Å². The number of carbonyl (C=O) groups is 1. The zero-order chi connectivity index (χ0) is 15.4. The van der Waals surface area contributed by atoms with Crippen molar-refractivity contribution in [2.75, 3.05) is 37.7 Å². The van der Waals surface area contributed by atoms with Gasteiger partial charge < -0.3 is 10.0 Å². The van der Waals surface area contributed by atoms with Crippen LogP contribution in [0, 0.1) is 0 Å². The molecule has 1 amide bonds. The van der Waals surface area contributed by atoms with Crippen LogP contribution in [0.5, 0.6) is 0 Å². The molecule has 0 aromatic heterocycles. The summed E-state index contributed by atoms with van der Waals surface area (Å²) in [6.07, 6.45) is 1.15. The molecule has 1 aromatic carbocycles. The number of carbonyl (C=O) groups excluding carboxylic acids is 1. The molecule has 4 nitrogen and oxygen atoms in total. The van der Waals surface area contributed by atoms with E-state index in [1.54, 1.807) is 0 Å². The van der Waals surface area contributed by atoms with Crippen molar-refractivity contribution in [1.29, 1.82) is 0 Å². The monoisotopic (exact) mass is 320 g/mol. The van der Waals surface area contributed by atoms with Gasteiger partial charge in [0.25, 0.3) is 0 Å². The third-order valence-corrected chi connectivity index (χ3v) is 5.48. The van der Waals surface area contributed by atoms with Crippen LogP contribution in [0.1, 0.15) is 24.4 Å². The smallest absolute Gasteiger partial charge is 0.244 e. The molecule has 2 fully saturated rings. The van der Waals surface area contributed by atoms with Crippen LogP contribution < -0.4 is 0 Å². The lowest BCUT2D eigenvalue weighted by Gasteiger charge is -2.38. The quantitative estimate of drug-likeness (QED) is 0.922. The Balaban J connectivity index is 1.79. The van der Waals surface area contributed by atoms with Crippen LogP contribution in [0.25, 0.3) is 0 Å². The molecular weight excluding hydrogens is 296 g/mol. The molecule has 1 N–H and O–H groups in total. The van der Waals surface area contributed by atoms with Crippen molar-refractivity contribution in [3.8, 4) is 0 Å². The van der Waals surface area contributed by atoms with Gasteiger partial charge in [-0.25, -0.2) is 0 Å². The third-order valence-electron chi connectivity index (χ3n) is 4.54. The van der Waals surface area contributed by atoms with Gasteiger partial charge in [-0.1, -0.05) is 30.3 Å². The predicted octanol–water partition coefficient (Wildman–Crippen LogP) is 1.76. The number of amides is 1. The van der Waals surface area contributed by atoms with Crippen molar-refractivity contribution in [2.45, 2.75) is 25.0 Å². The van der Waals surface area contributed by atoms with Crippen molar-refractivity contribution in [3.63, 3.8) is 0 Å². The van der Waals surface area contributed by atoms with E-state index in [9.17, 15) is 9.90 Å². The van der Waals surface area contributed by atoms with Crippen molar-refractivity contribution in [2.24, 2.45) is 0 Å². The second kappa shape index (κ2) is 7.49. The molecule has 120 valence electrons. The van der Waals surface area contributed by atoms with Gasteiger partial charge in [0, 0.05) is 37.7 Å². The van der Waals surface area contributed by atoms with E-state index in [0.717, 1.165) is 30.2 Å². The van der Waals surface area contributed by atoms with Gasteiger partial charge in [-0.2, -0.15) is 11.8 Å². The second-order valence-electron chi connectivity index (χ2n) is 6.02. The van der Waals surface area contributed by atoms with Crippen LogP contribution in [0.15, 0.2) is 30.3 Å². The van der Waals surface area contributed by atoms with Crippen molar-refractivity contribution < 1.29 is 9.90 Å². The van der Waals surface area contributed by atoms with Gasteiger partial charge in [-0.15, -0.1) is 0 Å². The number of benzene rings is 1.